The van der Waals surface area contributed by atoms with Crippen molar-refractivity contribution in [3.05, 3.63) is 86.6 Å². The van der Waals surface area contributed by atoms with Crippen LogP contribution in [-0.2, 0) is 4.79 Å². The number of rotatable bonds is 5. The molecule has 1 saturated heterocycles. The second-order valence-electron chi connectivity index (χ2n) is 11.4. The molecule has 0 radical (unpaired) electrons. The van der Waals surface area contributed by atoms with Crippen LogP contribution in [0.2, 0.25) is 5.02 Å². The molecule has 14 heteroatoms. The molecule has 5 rings (SSSR count). The maximum Gasteiger partial charge on any atom is 0.276 e. The smallest absolute Gasteiger partial charge is 0.276 e. The Morgan fingerprint density at radius 2 is 1.67 bits per heavy atom. The first-order valence-corrected chi connectivity index (χ1v) is 14.6. The number of amides is 1. The summed E-state index contributed by atoms with van der Waals surface area (Å²) in [7, 11) is 1.79. The lowest BCUT2D eigenvalue weighted by atomic mass is 9.93. The number of fused-ring (bicyclic) bond motifs is 1. The number of pyridine rings is 2. The zero-order valence-corrected chi connectivity index (χ0v) is 26.0. The van der Waals surface area contributed by atoms with E-state index in [1.54, 1.807) is 24.9 Å². The lowest BCUT2D eigenvalue weighted by Crippen LogP contribution is -2.49. The fourth-order valence-corrected chi connectivity index (χ4v) is 6.36. The van der Waals surface area contributed by atoms with E-state index >= 15 is 8.78 Å². The summed E-state index contributed by atoms with van der Waals surface area (Å²) in [6.07, 6.45) is 4.72. The zero-order valence-electron chi connectivity index (χ0n) is 25.3. The number of anilines is 1. The van der Waals surface area contributed by atoms with Gasteiger partial charge in [-0.3, -0.25) is 14.2 Å². The highest BCUT2D eigenvalue weighted by atomic mass is 35.5. The minimum Gasteiger partial charge on any atom is -0.372 e. The topological polar surface area (TPSA) is 85.5 Å². The summed E-state index contributed by atoms with van der Waals surface area (Å²) in [5, 5.41) is 10.0. The molecule has 0 spiro atoms. The Bertz CT molecular complexity index is 1950. The van der Waals surface area contributed by atoms with Crippen LogP contribution in [0.4, 0.5) is 27.6 Å². The number of nitriles is 1. The van der Waals surface area contributed by atoms with Crippen LogP contribution in [0.25, 0.3) is 28.0 Å². The molecule has 0 bridgehead atoms. The summed E-state index contributed by atoms with van der Waals surface area (Å²) >= 11 is 6.51. The first-order chi connectivity index (χ1) is 21.7. The molecule has 1 atom stereocenters. The molecule has 46 heavy (non-hydrogen) atoms. The van der Waals surface area contributed by atoms with Crippen molar-refractivity contribution in [2.75, 3.05) is 38.1 Å². The number of benzene rings is 1. The van der Waals surface area contributed by atoms with Gasteiger partial charge in [0.1, 0.15) is 17.3 Å². The Labute approximate surface area is 265 Å². The summed E-state index contributed by atoms with van der Waals surface area (Å²) in [6, 6.07) is 2.75. The van der Waals surface area contributed by atoms with Crippen molar-refractivity contribution < 1.29 is 26.7 Å². The maximum absolute atomic E-state index is 15.1. The van der Waals surface area contributed by atoms with Crippen LogP contribution in [0.5, 0.6) is 0 Å². The molecule has 2 aromatic heterocycles. The van der Waals surface area contributed by atoms with Gasteiger partial charge in [-0.15, -0.1) is 0 Å². The van der Waals surface area contributed by atoms with Crippen LogP contribution in [0.15, 0.2) is 41.4 Å². The third-order valence-corrected chi connectivity index (χ3v) is 8.56. The van der Waals surface area contributed by atoms with Gasteiger partial charge in [0.2, 0.25) is 11.7 Å². The highest BCUT2D eigenvalue weighted by Crippen LogP contribution is 2.40. The van der Waals surface area contributed by atoms with Crippen molar-refractivity contribution >= 4 is 39.9 Å². The summed E-state index contributed by atoms with van der Waals surface area (Å²) in [6.45, 7) is 9.88. The molecule has 2 aliphatic rings. The minimum atomic E-state index is -2.35. The molecule has 1 fully saturated rings. The Kier molecular flexibility index (Phi) is 8.70. The van der Waals surface area contributed by atoms with Crippen molar-refractivity contribution in [2.45, 2.75) is 26.8 Å². The number of likely N-dealkylation sites (N-methyl/N-ethyl adjacent to an activating group) is 1. The quantitative estimate of drug-likeness (QED) is 0.148. The zero-order chi connectivity index (χ0) is 33.8. The molecular weight excluding hydrogens is 631 g/mol. The molecule has 240 valence electrons. The first kappa shape index (κ1) is 32.7. The molecule has 1 aromatic carbocycles. The Balaban J connectivity index is 1.91. The van der Waals surface area contributed by atoms with E-state index in [1.165, 1.54) is 17.0 Å². The second-order valence-corrected chi connectivity index (χ2v) is 11.8. The number of allylic oxidation sites excluding steroid dienone is 2. The number of hydrogen-bond acceptors (Lipinski definition) is 6. The molecule has 4 heterocycles. The van der Waals surface area contributed by atoms with E-state index < -0.39 is 57.0 Å². The van der Waals surface area contributed by atoms with Crippen LogP contribution >= 0.6 is 11.6 Å². The summed E-state index contributed by atoms with van der Waals surface area (Å²) in [5.41, 5.74) is -2.32. The van der Waals surface area contributed by atoms with Gasteiger partial charge in [0.15, 0.2) is 23.3 Å². The van der Waals surface area contributed by atoms with Crippen LogP contribution in [0.3, 0.4) is 0 Å². The molecule has 0 aliphatic carbocycles. The van der Waals surface area contributed by atoms with E-state index in [4.69, 9.17) is 11.6 Å². The molecule has 8 nitrogen and oxygen atoms in total. The highest BCUT2D eigenvalue weighted by molar-refractivity contribution is 6.34. The fourth-order valence-electron chi connectivity index (χ4n) is 6.12. The summed E-state index contributed by atoms with van der Waals surface area (Å²) in [5.74, 6) is -11.4. The molecule has 1 amide bonds. The third-order valence-electron chi connectivity index (χ3n) is 8.27. The van der Waals surface area contributed by atoms with E-state index in [0.29, 0.717) is 11.3 Å². The predicted molar refractivity (Wildman–Crippen MR) is 164 cm³/mol. The van der Waals surface area contributed by atoms with E-state index in [-0.39, 0.29) is 60.3 Å². The number of aromatic nitrogens is 2. The van der Waals surface area contributed by atoms with Crippen LogP contribution in [0.1, 0.15) is 26.3 Å². The van der Waals surface area contributed by atoms with Crippen molar-refractivity contribution in [3.63, 3.8) is 0 Å². The van der Waals surface area contributed by atoms with Gasteiger partial charge < -0.3 is 14.7 Å². The van der Waals surface area contributed by atoms with Crippen LogP contribution < -0.4 is 10.5 Å². The first-order valence-electron chi connectivity index (χ1n) is 14.2. The number of carbonyl (C=O) groups excluding carboxylic acids is 1. The van der Waals surface area contributed by atoms with Gasteiger partial charge in [-0.25, -0.2) is 26.9 Å². The Hall–Kier alpha value is -4.70. The summed E-state index contributed by atoms with van der Waals surface area (Å²) in [4.78, 5) is 36.1. The Morgan fingerprint density at radius 3 is 2.22 bits per heavy atom. The number of hydrogen-bond donors (Lipinski definition) is 0. The lowest BCUT2D eigenvalue weighted by Gasteiger charge is -2.38. The summed E-state index contributed by atoms with van der Waals surface area (Å²) < 4.78 is 74.0. The lowest BCUT2D eigenvalue weighted by molar-refractivity contribution is -0.126. The monoisotopic (exact) mass is 658 g/mol. The highest BCUT2D eigenvalue weighted by Gasteiger charge is 2.35. The van der Waals surface area contributed by atoms with Gasteiger partial charge >= 0.3 is 0 Å². The van der Waals surface area contributed by atoms with Crippen molar-refractivity contribution in [1.29, 1.82) is 5.26 Å². The molecule has 1 unspecified atom stereocenters. The average molecular weight is 659 g/mol. The van der Waals surface area contributed by atoms with Gasteiger partial charge in [0.25, 0.3) is 5.56 Å². The average Bonchev–Trinajstić information content (AvgIpc) is 3.03. The predicted octanol–water partition coefficient (Wildman–Crippen LogP) is 5.83. The maximum atomic E-state index is 15.1. The molecule has 0 saturated carbocycles. The van der Waals surface area contributed by atoms with E-state index in [1.807, 2.05) is 31.0 Å². The molecule has 3 aromatic rings. The van der Waals surface area contributed by atoms with E-state index in [9.17, 15) is 28.0 Å². The number of carbonyl (C=O) groups is 1. The Morgan fingerprint density at radius 1 is 1.09 bits per heavy atom. The fraction of sp³-hybridized carbons (Fsp3) is 0.312. The third kappa shape index (κ3) is 5.10. The van der Waals surface area contributed by atoms with Crippen molar-refractivity contribution in [1.82, 2.24) is 19.4 Å². The van der Waals surface area contributed by atoms with Gasteiger partial charge in [-0.05, 0) is 42.8 Å². The normalized spacial score (nSPS) is 16.9. The number of halogens is 6. The SMILES string of the molecule is C=CC(=O)N1CCN(c2c(C#N)c(=O)n(C3=C(C)C=CN(C)C3C(C)C)c3nc(-c4c(F)c(F)c(F)c(F)c4F)c(Cl)cc23)CC1. The van der Waals surface area contributed by atoms with Gasteiger partial charge in [0.05, 0.1) is 33.7 Å². The van der Waals surface area contributed by atoms with Gasteiger partial charge in [0, 0.05) is 38.6 Å². The van der Waals surface area contributed by atoms with Crippen LogP contribution in [0, 0.1) is 46.3 Å². The minimum absolute atomic E-state index is 0.107. The van der Waals surface area contributed by atoms with Gasteiger partial charge in [-0.1, -0.05) is 32.0 Å². The van der Waals surface area contributed by atoms with Gasteiger partial charge in [-0.2, -0.15) is 5.26 Å². The van der Waals surface area contributed by atoms with E-state index in [2.05, 4.69) is 11.6 Å². The van der Waals surface area contributed by atoms with Crippen LogP contribution in [-0.4, -0.2) is 64.5 Å². The molecular formula is C32H28ClF5N6O2. The largest absolute Gasteiger partial charge is 0.372 e. The number of nitrogens with zero attached hydrogens (tertiary/aromatic N) is 6. The molecule has 2 aliphatic heterocycles. The van der Waals surface area contributed by atoms with E-state index in [0.717, 1.165) is 4.57 Å². The standard InChI is InChI=1S/C32H28ClF5N6O2/c1-6-20(45)42-9-11-43(12-10-42)30-17-13-19(33)27(21-22(34)24(36)26(38)25(37)23(21)35)40-31(17)44(32(46)18(30)14-39)29-16(4)7-8-41(5)28(29)15(2)3/h6-8,13,15,28H,1,9-12H2,2-5H3. The second kappa shape index (κ2) is 12.2. The van der Waals surface area contributed by atoms with Crippen molar-refractivity contribution in [3.8, 4) is 17.3 Å². The van der Waals surface area contributed by atoms with Crippen molar-refractivity contribution in [2.24, 2.45) is 5.92 Å². The number of piperazine rings is 1. The molecule has 0 N–H and O–H groups in total.